The van der Waals surface area contributed by atoms with Gasteiger partial charge in [0.25, 0.3) is 0 Å². The SMILES string of the molecule is O=c1[nH]nc(Sc2cc(Cl)ncn2)n1C1CC1. The molecular weight excluding hydrogens is 262 g/mol. The number of nitrogens with one attached hydrogen (secondary N) is 1. The molecule has 1 aliphatic rings. The standard InChI is InChI=1S/C9H8ClN5OS/c10-6-3-7(12-4-11-6)17-9-14-13-8(16)15(9)5-1-2-5/h3-5H,1-2H2,(H,13,16). The summed E-state index contributed by atoms with van der Waals surface area (Å²) < 4.78 is 1.67. The fourth-order valence-corrected chi connectivity index (χ4v) is 2.57. The fraction of sp³-hybridized carbons (Fsp3) is 0.333. The van der Waals surface area contributed by atoms with Crippen LogP contribution >= 0.6 is 23.4 Å². The summed E-state index contributed by atoms with van der Waals surface area (Å²) in [5.74, 6) is 0. The van der Waals surface area contributed by atoms with Crippen LogP contribution in [0.4, 0.5) is 0 Å². The Morgan fingerprint density at radius 3 is 3.00 bits per heavy atom. The van der Waals surface area contributed by atoms with Crippen molar-refractivity contribution in [2.24, 2.45) is 0 Å². The zero-order valence-corrected chi connectivity index (χ0v) is 10.2. The summed E-state index contributed by atoms with van der Waals surface area (Å²) >= 11 is 7.07. The molecule has 1 saturated carbocycles. The highest BCUT2D eigenvalue weighted by atomic mass is 35.5. The van der Waals surface area contributed by atoms with Crippen LogP contribution in [0, 0.1) is 0 Å². The predicted molar refractivity (Wildman–Crippen MR) is 62.3 cm³/mol. The molecule has 2 aromatic heterocycles. The van der Waals surface area contributed by atoms with Gasteiger partial charge in [-0.1, -0.05) is 11.6 Å². The molecule has 3 rings (SSSR count). The van der Waals surface area contributed by atoms with Crippen LogP contribution in [0.3, 0.4) is 0 Å². The van der Waals surface area contributed by atoms with E-state index in [4.69, 9.17) is 11.6 Å². The second-order valence-electron chi connectivity index (χ2n) is 3.69. The van der Waals surface area contributed by atoms with Crippen molar-refractivity contribution in [1.29, 1.82) is 0 Å². The van der Waals surface area contributed by atoms with Crippen LogP contribution < -0.4 is 5.69 Å². The third-order valence-corrected chi connectivity index (χ3v) is 3.50. The lowest BCUT2D eigenvalue weighted by molar-refractivity contribution is 0.642. The van der Waals surface area contributed by atoms with Crippen LogP contribution in [0.5, 0.6) is 0 Å². The maximum absolute atomic E-state index is 11.6. The molecule has 1 fully saturated rings. The maximum Gasteiger partial charge on any atom is 0.344 e. The first-order valence-corrected chi connectivity index (χ1v) is 6.26. The molecule has 2 aromatic rings. The second-order valence-corrected chi connectivity index (χ2v) is 5.07. The molecule has 2 heterocycles. The Hall–Kier alpha value is -1.34. The minimum atomic E-state index is -0.171. The van der Waals surface area contributed by atoms with Gasteiger partial charge in [-0.05, 0) is 24.6 Å². The van der Waals surface area contributed by atoms with E-state index in [-0.39, 0.29) is 11.7 Å². The fourth-order valence-electron chi connectivity index (χ4n) is 1.48. The minimum Gasteiger partial charge on any atom is -0.267 e. The van der Waals surface area contributed by atoms with Gasteiger partial charge in [-0.2, -0.15) is 0 Å². The molecule has 0 aromatic carbocycles. The molecule has 0 saturated heterocycles. The average molecular weight is 270 g/mol. The molecule has 1 N–H and O–H groups in total. The van der Waals surface area contributed by atoms with E-state index in [9.17, 15) is 4.79 Å². The zero-order valence-electron chi connectivity index (χ0n) is 8.63. The number of halogens is 1. The van der Waals surface area contributed by atoms with Crippen molar-refractivity contribution in [3.63, 3.8) is 0 Å². The third-order valence-electron chi connectivity index (χ3n) is 2.39. The van der Waals surface area contributed by atoms with Gasteiger partial charge >= 0.3 is 5.69 Å². The summed E-state index contributed by atoms with van der Waals surface area (Å²) in [5, 5.41) is 8.10. The molecule has 8 heteroatoms. The monoisotopic (exact) mass is 269 g/mol. The van der Waals surface area contributed by atoms with Crippen molar-refractivity contribution >= 4 is 23.4 Å². The molecule has 0 bridgehead atoms. The molecule has 0 amide bonds. The Labute approximate surface area is 105 Å². The van der Waals surface area contributed by atoms with Crippen molar-refractivity contribution in [3.8, 4) is 0 Å². The lowest BCUT2D eigenvalue weighted by Crippen LogP contribution is -2.16. The molecule has 0 atom stereocenters. The summed E-state index contributed by atoms with van der Waals surface area (Å²) in [4.78, 5) is 19.4. The topological polar surface area (TPSA) is 76.5 Å². The number of nitrogens with zero attached hydrogens (tertiary/aromatic N) is 4. The van der Waals surface area contributed by atoms with Gasteiger partial charge in [0.1, 0.15) is 16.5 Å². The van der Waals surface area contributed by atoms with Gasteiger partial charge in [-0.25, -0.2) is 19.9 Å². The Morgan fingerprint density at radius 1 is 1.47 bits per heavy atom. The summed E-state index contributed by atoms with van der Waals surface area (Å²) in [6.07, 6.45) is 3.44. The van der Waals surface area contributed by atoms with Crippen LogP contribution in [0.1, 0.15) is 18.9 Å². The first kappa shape index (κ1) is 10.8. The van der Waals surface area contributed by atoms with E-state index < -0.39 is 0 Å². The molecule has 6 nitrogen and oxygen atoms in total. The summed E-state index contributed by atoms with van der Waals surface area (Å²) in [6.45, 7) is 0. The molecular formula is C9H8ClN5OS. The largest absolute Gasteiger partial charge is 0.344 e. The number of hydrogen-bond acceptors (Lipinski definition) is 5. The van der Waals surface area contributed by atoms with Gasteiger partial charge < -0.3 is 0 Å². The van der Waals surface area contributed by atoms with E-state index in [2.05, 4.69) is 20.2 Å². The highest BCUT2D eigenvalue weighted by molar-refractivity contribution is 7.99. The summed E-state index contributed by atoms with van der Waals surface area (Å²) in [5.41, 5.74) is -0.171. The van der Waals surface area contributed by atoms with E-state index in [1.807, 2.05) is 0 Å². The van der Waals surface area contributed by atoms with E-state index in [0.29, 0.717) is 15.3 Å². The normalized spacial score (nSPS) is 15.1. The molecule has 1 aliphatic carbocycles. The van der Waals surface area contributed by atoms with E-state index >= 15 is 0 Å². The van der Waals surface area contributed by atoms with E-state index in [0.717, 1.165) is 12.8 Å². The van der Waals surface area contributed by atoms with Crippen molar-refractivity contribution in [1.82, 2.24) is 24.7 Å². The average Bonchev–Trinajstić information content (AvgIpc) is 3.05. The number of aromatic nitrogens is 5. The number of rotatable bonds is 3. The van der Waals surface area contributed by atoms with Gasteiger partial charge in [-0.3, -0.25) is 4.57 Å². The van der Waals surface area contributed by atoms with E-state index in [1.165, 1.54) is 18.1 Å². The summed E-state index contributed by atoms with van der Waals surface area (Å²) in [7, 11) is 0. The van der Waals surface area contributed by atoms with E-state index in [1.54, 1.807) is 10.6 Å². The highest BCUT2D eigenvalue weighted by Crippen LogP contribution is 2.37. The Balaban J connectivity index is 1.92. The van der Waals surface area contributed by atoms with Crippen molar-refractivity contribution in [2.45, 2.75) is 29.1 Å². The zero-order chi connectivity index (χ0) is 11.8. The molecule has 88 valence electrons. The van der Waals surface area contributed by atoms with Crippen molar-refractivity contribution in [2.75, 3.05) is 0 Å². The Bertz CT molecular complexity index is 605. The van der Waals surface area contributed by atoms with Crippen molar-refractivity contribution < 1.29 is 0 Å². The maximum atomic E-state index is 11.6. The highest BCUT2D eigenvalue weighted by Gasteiger charge is 2.28. The molecule has 0 aliphatic heterocycles. The molecule has 0 spiro atoms. The molecule has 0 unspecified atom stereocenters. The Kier molecular flexibility index (Phi) is 2.64. The number of H-pyrrole nitrogens is 1. The van der Waals surface area contributed by atoms with Crippen LogP contribution in [0.25, 0.3) is 0 Å². The predicted octanol–water partition coefficient (Wildman–Crippen LogP) is 1.50. The first-order valence-electron chi connectivity index (χ1n) is 5.06. The minimum absolute atomic E-state index is 0.171. The van der Waals surface area contributed by atoms with Crippen LogP contribution in [-0.2, 0) is 0 Å². The second kappa shape index (κ2) is 4.15. The van der Waals surface area contributed by atoms with Gasteiger partial charge in [0.15, 0.2) is 5.16 Å². The lowest BCUT2D eigenvalue weighted by atomic mass is 10.7. The third kappa shape index (κ3) is 2.20. The van der Waals surface area contributed by atoms with Gasteiger partial charge in [0, 0.05) is 12.1 Å². The quantitative estimate of drug-likeness (QED) is 0.855. The van der Waals surface area contributed by atoms with Crippen LogP contribution in [0.15, 0.2) is 27.4 Å². The van der Waals surface area contributed by atoms with Gasteiger partial charge in [0.05, 0.1) is 0 Å². The molecule has 0 radical (unpaired) electrons. The van der Waals surface area contributed by atoms with Crippen LogP contribution in [-0.4, -0.2) is 24.7 Å². The summed E-state index contributed by atoms with van der Waals surface area (Å²) in [6, 6.07) is 1.92. The molecule has 17 heavy (non-hydrogen) atoms. The number of aromatic amines is 1. The van der Waals surface area contributed by atoms with Gasteiger partial charge in [-0.15, -0.1) is 5.10 Å². The first-order chi connectivity index (χ1) is 8.24. The lowest BCUT2D eigenvalue weighted by Gasteiger charge is -2.02. The van der Waals surface area contributed by atoms with Crippen LogP contribution in [0.2, 0.25) is 5.15 Å². The number of hydrogen-bond donors (Lipinski definition) is 1. The van der Waals surface area contributed by atoms with Crippen molar-refractivity contribution in [3.05, 3.63) is 28.0 Å². The Morgan fingerprint density at radius 2 is 2.29 bits per heavy atom. The smallest absolute Gasteiger partial charge is 0.267 e. The van der Waals surface area contributed by atoms with Gasteiger partial charge in [0.2, 0.25) is 0 Å².